The molecule has 0 bridgehead atoms. The summed E-state index contributed by atoms with van der Waals surface area (Å²) in [5.74, 6) is 0.722. The van der Waals surface area contributed by atoms with E-state index in [1.54, 1.807) is 0 Å². The van der Waals surface area contributed by atoms with Gasteiger partial charge in [0.2, 0.25) is 0 Å². The molecular formula is C29H20N4. The summed E-state index contributed by atoms with van der Waals surface area (Å²) >= 11 is 0. The second-order valence-corrected chi connectivity index (χ2v) is 7.82. The van der Waals surface area contributed by atoms with Gasteiger partial charge in [-0.15, -0.1) is 10.2 Å². The molecule has 0 fully saturated rings. The van der Waals surface area contributed by atoms with Gasteiger partial charge in [-0.3, -0.25) is 0 Å². The van der Waals surface area contributed by atoms with Gasteiger partial charge >= 0.3 is 0 Å². The zero-order chi connectivity index (χ0) is 22.0. The van der Waals surface area contributed by atoms with Gasteiger partial charge in [0, 0.05) is 22.3 Å². The maximum absolute atomic E-state index is 5.14. The van der Waals surface area contributed by atoms with Gasteiger partial charge in [-0.2, -0.15) is 9.61 Å². The van der Waals surface area contributed by atoms with Crippen molar-refractivity contribution < 1.29 is 0 Å². The largest absolute Gasteiger partial charge is 0.191 e. The number of aromatic nitrogens is 4. The molecule has 0 unspecified atom stereocenters. The van der Waals surface area contributed by atoms with E-state index >= 15 is 0 Å². The highest BCUT2D eigenvalue weighted by Crippen LogP contribution is 2.41. The first-order valence-corrected chi connectivity index (χ1v) is 10.9. The van der Waals surface area contributed by atoms with Crippen molar-refractivity contribution in [2.24, 2.45) is 0 Å². The zero-order valence-electron chi connectivity index (χ0n) is 17.8. The lowest BCUT2D eigenvalue weighted by Gasteiger charge is -2.16. The molecule has 2 aromatic heterocycles. The van der Waals surface area contributed by atoms with Crippen LogP contribution < -0.4 is 0 Å². The quantitative estimate of drug-likeness (QED) is 0.313. The summed E-state index contributed by atoms with van der Waals surface area (Å²) in [5.41, 5.74) is 7.88. The fraction of sp³-hybridized carbons (Fsp3) is 0. The van der Waals surface area contributed by atoms with Crippen molar-refractivity contribution in [2.75, 3.05) is 0 Å². The minimum atomic E-state index is 0.722. The monoisotopic (exact) mass is 424 g/mol. The van der Waals surface area contributed by atoms with Crippen molar-refractivity contribution in [3.8, 4) is 44.9 Å². The van der Waals surface area contributed by atoms with E-state index < -0.39 is 0 Å². The lowest BCUT2D eigenvalue weighted by Crippen LogP contribution is -2.03. The predicted octanol–water partition coefficient (Wildman–Crippen LogP) is 6.79. The molecule has 0 N–H and O–H groups in total. The van der Waals surface area contributed by atoms with E-state index in [0.29, 0.717) is 0 Å². The van der Waals surface area contributed by atoms with Gasteiger partial charge in [-0.05, 0) is 11.1 Å². The number of hydrogen-bond acceptors (Lipinski definition) is 3. The normalized spacial score (nSPS) is 11.0. The van der Waals surface area contributed by atoms with E-state index in [-0.39, 0.29) is 0 Å². The Labute approximate surface area is 191 Å². The van der Waals surface area contributed by atoms with Crippen molar-refractivity contribution in [2.45, 2.75) is 0 Å². The van der Waals surface area contributed by atoms with E-state index in [9.17, 15) is 0 Å². The zero-order valence-corrected chi connectivity index (χ0v) is 17.8. The van der Waals surface area contributed by atoms with Crippen molar-refractivity contribution >= 4 is 5.65 Å². The fourth-order valence-corrected chi connectivity index (χ4v) is 4.24. The summed E-state index contributed by atoms with van der Waals surface area (Å²) in [6.07, 6.45) is 0. The third-order valence-corrected chi connectivity index (χ3v) is 5.76. The third kappa shape index (κ3) is 3.38. The van der Waals surface area contributed by atoms with Gasteiger partial charge in [0.1, 0.15) is 0 Å². The highest BCUT2D eigenvalue weighted by Gasteiger charge is 2.23. The Morgan fingerprint density at radius 3 is 1.42 bits per heavy atom. The van der Waals surface area contributed by atoms with Crippen LogP contribution in [0.3, 0.4) is 0 Å². The Balaban J connectivity index is 1.78. The fourth-order valence-electron chi connectivity index (χ4n) is 4.24. The molecule has 0 aliphatic rings. The smallest absolute Gasteiger partial charge is 0.186 e. The molecule has 6 aromatic rings. The number of hydrogen-bond donors (Lipinski definition) is 0. The standard InChI is InChI=1S/C29H20N4/c1-5-13-21(14-6-1)25-26(22-15-7-2-8-16-22)29-31-30-28(24-19-11-4-12-20-24)33(29)32-27(25)23-17-9-3-10-18-23/h1-20H. The highest BCUT2D eigenvalue weighted by molar-refractivity contribution is 5.98. The van der Waals surface area contributed by atoms with Gasteiger partial charge in [0.15, 0.2) is 11.5 Å². The van der Waals surface area contributed by atoms with Gasteiger partial charge in [0.05, 0.1) is 5.69 Å². The van der Waals surface area contributed by atoms with Gasteiger partial charge in [0.25, 0.3) is 0 Å². The summed E-state index contributed by atoms with van der Waals surface area (Å²) < 4.78 is 1.88. The molecule has 4 nitrogen and oxygen atoms in total. The topological polar surface area (TPSA) is 43.1 Å². The summed E-state index contributed by atoms with van der Waals surface area (Å²) in [7, 11) is 0. The molecular weight excluding hydrogens is 404 g/mol. The highest BCUT2D eigenvalue weighted by atomic mass is 15.4. The lowest BCUT2D eigenvalue weighted by atomic mass is 9.92. The Hall–Kier alpha value is -4.57. The van der Waals surface area contributed by atoms with Crippen LogP contribution in [0.4, 0.5) is 0 Å². The molecule has 0 amide bonds. The van der Waals surface area contributed by atoms with Crippen LogP contribution in [0.15, 0.2) is 121 Å². The summed E-state index contributed by atoms with van der Waals surface area (Å²) in [6.45, 7) is 0. The Bertz CT molecular complexity index is 1520. The maximum Gasteiger partial charge on any atom is 0.186 e. The van der Waals surface area contributed by atoms with E-state index in [4.69, 9.17) is 5.10 Å². The molecule has 6 rings (SSSR count). The average Bonchev–Trinajstić information content (AvgIpc) is 3.33. The van der Waals surface area contributed by atoms with E-state index in [0.717, 1.165) is 50.5 Å². The lowest BCUT2D eigenvalue weighted by molar-refractivity contribution is 0.944. The molecule has 0 saturated carbocycles. The van der Waals surface area contributed by atoms with E-state index in [1.165, 1.54) is 0 Å². The van der Waals surface area contributed by atoms with Crippen LogP contribution in [-0.4, -0.2) is 19.8 Å². The first kappa shape index (κ1) is 19.1. The van der Waals surface area contributed by atoms with E-state index in [2.05, 4.69) is 70.9 Å². The number of nitrogens with zero attached hydrogens (tertiary/aromatic N) is 4. The molecule has 4 aromatic carbocycles. The summed E-state index contributed by atoms with van der Waals surface area (Å²) in [6, 6.07) is 41.2. The minimum absolute atomic E-state index is 0.722. The van der Waals surface area contributed by atoms with Gasteiger partial charge < -0.3 is 0 Å². The van der Waals surface area contributed by atoms with Crippen LogP contribution in [0.1, 0.15) is 0 Å². The minimum Gasteiger partial charge on any atom is -0.191 e. The maximum atomic E-state index is 5.14. The Kier molecular flexibility index (Phi) is 4.74. The molecule has 0 aliphatic heterocycles. The van der Waals surface area contributed by atoms with Crippen molar-refractivity contribution in [1.29, 1.82) is 0 Å². The number of fused-ring (bicyclic) bond motifs is 1. The van der Waals surface area contributed by atoms with Crippen LogP contribution in [-0.2, 0) is 0 Å². The average molecular weight is 425 g/mol. The van der Waals surface area contributed by atoms with Crippen LogP contribution in [0.2, 0.25) is 0 Å². The predicted molar refractivity (Wildman–Crippen MR) is 133 cm³/mol. The van der Waals surface area contributed by atoms with Crippen molar-refractivity contribution in [1.82, 2.24) is 19.8 Å². The molecule has 156 valence electrons. The van der Waals surface area contributed by atoms with E-state index in [1.807, 2.05) is 65.2 Å². The first-order valence-electron chi connectivity index (χ1n) is 10.9. The molecule has 2 heterocycles. The van der Waals surface area contributed by atoms with Crippen LogP contribution >= 0.6 is 0 Å². The molecule has 33 heavy (non-hydrogen) atoms. The number of rotatable bonds is 4. The van der Waals surface area contributed by atoms with Crippen LogP contribution in [0.5, 0.6) is 0 Å². The molecule has 0 spiro atoms. The van der Waals surface area contributed by atoms with Gasteiger partial charge in [-0.1, -0.05) is 121 Å². The first-order chi connectivity index (χ1) is 16.4. The molecule has 0 saturated heterocycles. The molecule has 0 atom stereocenters. The second-order valence-electron chi connectivity index (χ2n) is 7.82. The SMILES string of the molecule is c1ccc(-c2nn3c(-c4ccccc4)nnc3c(-c3ccccc3)c2-c2ccccc2)cc1. The second kappa shape index (κ2) is 8.17. The number of benzene rings is 4. The Morgan fingerprint density at radius 1 is 0.424 bits per heavy atom. The molecule has 0 aliphatic carbocycles. The summed E-state index contributed by atoms with van der Waals surface area (Å²) in [5, 5.41) is 14.4. The molecule has 4 heteroatoms. The molecule has 0 radical (unpaired) electrons. The van der Waals surface area contributed by atoms with Crippen LogP contribution in [0, 0.1) is 0 Å². The van der Waals surface area contributed by atoms with Gasteiger partial charge in [-0.25, -0.2) is 0 Å². The van der Waals surface area contributed by atoms with Crippen molar-refractivity contribution in [3.63, 3.8) is 0 Å². The van der Waals surface area contributed by atoms with Crippen molar-refractivity contribution in [3.05, 3.63) is 121 Å². The third-order valence-electron chi connectivity index (χ3n) is 5.76. The summed E-state index contributed by atoms with van der Waals surface area (Å²) in [4.78, 5) is 0. The van der Waals surface area contributed by atoms with Crippen LogP contribution in [0.25, 0.3) is 50.5 Å². The Morgan fingerprint density at radius 2 is 0.879 bits per heavy atom.